The summed E-state index contributed by atoms with van der Waals surface area (Å²) >= 11 is 0. The van der Waals surface area contributed by atoms with Crippen LogP contribution in [0.2, 0.25) is 0 Å². The van der Waals surface area contributed by atoms with Crippen LogP contribution in [0.5, 0.6) is 0 Å². The fourth-order valence-electron chi connectivity index (χ4n) is 0.462. The Labute approximate surface area is 51.3 Å². The number of nitrogens with two attached hydrogens (primary N) is 1. The number of cyclic esters (lactones) is 2. The maximum absolute atomic E-state index is 10.4. The summed E-state index contributed by atoms with van der Waals surface area (Å²) in [5, 5.41) is 0. The van der Waals surface area contributed by atoms with E-state index < -0.39 is 18.0 Å². The Balaban J connectivity index is 2.76. The SMILES string of the molecule is NC1C=CC(=O)OC1=O. The summed E-state index contributed by atoms with van der Waals surface area (Å²) in [5.74, 6) is -1.34. The van der Waals surface area contributed by atoms with Crippen molar-refractivity contribution in [1.82, 2.24) is 0 Å². The molecular formula is C5H5NO3. The van der Waals surface area contributed by atoms with Crippen molar-refractivity contribution in [3.8, 4) is 0 Å². The average Bonchev–Trinajstić information content (AvgIpc) is 1.80. The summed E-state index contributed by atoms with van der Waals surface area (Å²) in [5.41, 5.74) is 5.13. The van der Waals surface area contributed by atoms with E-state index in [9.17, 15) is 9.59 Å². The third kappa shape index (κ3) is 1.14. The second-order valence-electron chi connectivity index (χ2n) is 1.63. The number of carbonyl (C=O) groups excluding carboxylic acids is 2. The molecular weight excluding hydrogens is 122 g/mol. The normalized spacial score (nSPS) is 26.1. The summed E-state index contributed by atoms with van der Waals surface area (Å²) < 4.78 is 4.11. The second kappa shape index (κ2) is 1.99. The molecule has 0 saturated carbocycles. The minimum atomic E-state index is -0.775. The predicted octanol–water partition coefficient (Wildman–Crippen LogP) is -1.05. The highest BCUT2D eigenvalue weighted by Crippen LogP contribution is 1.96. The summed E-state index contributed by atoms with van der Waals surface area (Å²) in [6, 6.07) is -0.775. The molecule has 0 aromatic rings. The Kier molecular flexibility index (Phi) is 1.32. The molecule has 2 N–H and O–H groups in total. The predicted molar refractivity (Wildman–Crippen MR) is 28.2 cm³/mol. The first-order valence-corrected chi connectivity index (χ1v) is 2.39. The first-order chi connectivity index (χ1) is 4.20. The van der Waals surface area contributed by atoms with E-state index in [1.807, 2.05) is 0 Å². The van der Waals surface area contributed by atoms with Crippen molar-refractivity contribution < 1.29 is 14.3 Å². The molecule has 0 bridgehead atoms. The van der Waals surface area contributed by atoms with Crippen LogP contribution in [0.25, 0.3) is 0 Å². The van der Waals surface area contributed by atoms with E-state index in [-0.39, 0.29) is 0 Å². The Morgan fingerprint density at radius 3 is 2.67 bits per heavy atom. The van der Waals surface area contributed by atoms with Crippen LogP contribution in [-0.4, -0.2) is 18.0 Å². The zero-order valence-electron chi connectivity index (χ0n) is 4.53. The molecule has 4 nitrogen and oxygen atoms in total. The lowest BCUT2D eigenvalue weighted by Gasteiger charge is -2.07. The van der Waals surface area contributed by atoms with E-state index in [1.54, 1.807) is 0 Å². The van der Waals surface area contributed by atoms with Crippen molar-refractivity contribution in [1.29, 1.82) is 0 Å². The van der Waals surface area contributed by atoms with Crippen LogP contribution in [0.3, 0.4) is 0 Å². The molecule has 1 unspecified atom stereocenters. The van der Waals surface area contributed by atoms with E-state index in [0.717, 1.165) is 6.08 Å². The molecule has 4 heteroatoms. The van der Waals surface area contributed by atoms with Crippen LogP contribution in [-0.2, 0) is 14.3 Å². The van der Waals surface area contributed by atoms with Gasteiger partial charge in [0, 0.05) is 6.08 Å². The molecule has 0 aromatic carbocycles. The molecule has 0 radical (unpaired) electrons. The van der Waals surface area contributed by atoms with E-state index in [1.165, 1.54) is 6.08 Å². The van der Waals surface area contributed by atoms with Crippen LogP contribution >= 0.6 is 0 Å². The topological polar surface area (TPSA) is 69.4 Å². The number of rotatable bonds is 0. The van der Waals surface area contributed by atoms with Gasteiger partial charge in [-0.3, -0.25) is 0 Å². The average molecular weight is 127 g/mol. The molecule has 1 aliphatic rings. The first kappa shape index (κ1) is 5.97. The highest BCUT2D eigenvalue weighted by molar-refractivity contribution is 5.98. The molecule has 0 saturated heterocycles. The van der Waals surface area contributed by atoms with E-state index in [0.29, 0.717) is 0 Å². The number of carbonyl (C=O) groups is 2. The quantitative estimate of drug-likeness (QED) is 0.333. The molecule has 9 heavy (non-hydrogen) atoms. The van der Waals surface area contributed by atoms with Gasteiger partial charge in [0.15, 0.2) is 0 Å². The lowest BCUT2D eigenvalue weighted by Crippen LogP contribution is -2.34. The largest absolute Gasteiger partial charge is 0.388 e. The maximum Gasteiger partial charge on any atom is 0.338 e. The Morgan fingerprint density at radius 2 is 2.22 bits per heavy atom. The molecule has 1 aliphatic heterocycles. The number of ether oxygens (including phenoxy) is 1. The Morgan fingerprint density at radius 1 is 1.56 bits per heavy atom. The molecule has 48 valence electrons. The molecule has 0 spiro atoms. The van der Waals surface area contributed by atoms with E-state index in [4.69, 9.17) is 5.73 Å². The minimum Gasteiger partial charge on any atom is -0.388 e. The zero-order chi connectivity index (χ0) is 6.85. The summed E-state index contributed by atoms with van der Waals surface area (Å²) in [7, 11) is 0. The monoisotopic (exact) mass is 127 g/mol. The number of hydrogen-bond acceptors (Lipinski definition) is 4. The van der Waals surface area contributed by atoms with Gasteiger partial charge in [-0.1, -0.05) is 0 Å². The Hall–Kier alpha value is -1.16. The molecule has 0 aliphatic carbocycles. The van der Waals surface area contributed by atoms with Crippen LogP contribution in [0.4, 0.5) is 0 Å². The Bertz CT molecular complexity index is 185. The summed E-state index contributed by atoms with van der Waals surface area (Å²) in [4.78, 5) is 20.6. The van der Waals surface area contributed by atoms with Crippen LogP contribution in [0.1, 0.15) is 0 Å². The third-order valence-electron chi connectivity index (χ3n) is 0.913. The summed E-state index contributed by atoms with van der Waals surface area (Å²) in [6.45, 7) is 0. The van der Waals surface area contributed by atoms with E-state index in [2.05, 4.69) is 4.74 Å². The first-order valence-electron chi connectivity index (χ1n) is 2.39. The van der Waals surface area contributed by atoms with Gasteiger partial charge in [-0.05, 0) is 6.08 Å². The van der Waals surface area contributed by atoms with Crippen LogP contribution < -0.4 is 5.73 Å². The lowest BCUT2D eigenvalue weighted by atomic mass is 10.2. The van der Waals surface area contributed by atoms with Crippen LogP contribution in [0.15, 0.2) is 12.2 Å². The van der Waals surface area contributed by atoms with Crippen molar-refractivity contribution >= 4 is 11.9 Å². The highest BCUT2D eigenvalue weighted by Gasteiger charge is 2.19. The van der Waals surface area contributed by atoms with Crippen molar-refractivity contribution in [2.75, 3.05) is 0 Å². The van der Waals surface area contributed by atoms with Gasteiger partial charge in [-0.2, -0.15) is 0 Å². The van der Waals surface area contributed by atoms with Gasteiger partial charge in [0.05, 0.1) is 0 Å². The smallest absolute Gasteiger partial charge is 0.338 e. The second-order valence-corrected chi connectivity index (χ2v) is 1.63. The van der Waals surface area contributed by atoms with Gasteiger partial charge in [-0.25, -0.2) is 9.59 Å². The fourth-order valence-corrected chi connectivity index (χ4v) is 0.462. The van der Waals surface area contributed by atoms with Gasteiger partial charge in [0.25, 0.3) is 0 Å². The van der Waals surface area contributed by atoms with Gasteiger partial charge in [0.2, 0.25) is 0 Å². The van der Waals surface area contributed by atoms with Gasteiger partial charge >= 0.3 is 11.9 Å². The number of hydrogen-bond donors (Lipinski definition) is 1. The van der Waals surface area contributed by atoms with Crippen molar-refractivity contribution in [3.63, 3.8) is 0 Å². The minimum absolute atomic E-state index is 0.651. The van der Waals surface area contributed by atoms with Gasteiger partial charge < -0.3 is 10.5 Å². The molecule has 1 rings (SSSR count). The standard InChI is InChI=1S/C5H5NO3/c6-3-1-2-4(7)9-5(3)8/h1-3H,6H2. The molecule has 0 amide bonds. The summed E-state index contributed by atoms with van der Waals surface area (Å²) in [6.07, 6.45) is 2.43. The molecule has 0 aromatic heterocycles. The van der Waals surface area contributed by atoms with Crippen LogP contribution in [0, 0.1) is 0 Å². The molecule has 1 heterocycles. The van der Waals surface area contributed by atoms with Gasteiger partial charge in [0.1, 0.15) is 6.04 Å². The fraction of sp³-hybridized carbons (Fsp3) is 0.200. The lowest BCUT2D eigenvalue weighted by molar-refractivity contribution is -0.157. The maximum atomic E-state index is 10.4. The van der Waals surface area contributed by atoms with E-state index >= 15 is 0 Å². The van der Waals surface area contributed by atoms with Crippen molar-refractivity contribution in [3.05, 3.63) is 12.2 Å². The zero-order valence-corrected chi connectivity index (χ0v) is 4.53. The van der Waals surface area contributed by atoms with Crippen molar-refractivity contribution in [2.45, 2.75) is 6.04 Å². The molecule has 1 atom stereocenters. The number of esters is 2. The highest BCUT2D eigenvalue weighted by atomic mass is 16.6. The van der Waals surface area contributed by atoms with Crippen molar-refractivity contribution in [2.24, 2.45) is 5.73 Å². The third-order valence-corrected chi connectivity index (χ3v) is 0.913. The molecule has 0 fully saturated rings. The van der Waals surface area contributed by atoms with Gasteiger partial charge in [-0.15, -0.1) is 0 Å².